The van der Waals surface area contributed by atoms with E-state index in [1.807, 2.05) is 29.5 Å². The second-order valence-electron chi connectivity index (χ2n) is 14.6. The number of hydrogen-bond acceptors (Lipinski definition) is 5. The largest absolute Gasteiger partial charge is 0.248 e. The summed E-state index contributed by atoms with van der Waals surface area (Å²) in [5.41, 5.74) is 11.7. The third-order valence-electron chi connectivity index (χ3n) is 11.2. The molecule has 0 saturated carbocycles. The summed E-state index contributed by atoms with van der Waals surface area (Å²) >= 11 is 1.87. The highest BCUT2D eigenvalue weighted by Crippen LogP contribution is 2.43. The lowest BCUT2D eigenvalue weighted by atomic mass is 9.96. The average Bonchev–Trinajstić information content (AvgIpc) is 3.67. The first kappa shape index (κ1) is 32.0. The lowest BCUT2D eigenvalue weighted by molar-refractivity contribution is 1.36. The molecule has 0 saturated heterocycles. The highest BCUT2D eigenvalue weighted by Gasteiger charge is 2.17. The van der Waals surface area contributed by atoms with Gasteiger partial charge in [0.2, 0.25) is 0 Å². The molecule has 7 aromatic carbocycles. The number of benzene rings is 7. The number of thiophene rings is 1. The van der Waals surface area contributed by atoms with Crippen LogP contribution in [0.2, 0.25) is 0 Å². The van der Waals surface area contributed by atoms with Crippen molar-refractivity contribution in [2.45, 2.75) is 0 Å². The molecule has 5 heterocycles. The van der Waals surface area contributed by atoms with Gasteiger partial charge in [-0.25, -0.2) is 19.9 Å². The molecule has 264 valence electrons. The summed E-state index contributed by atoms with van der Waals surface area (Å²) < 4.78 is 2.61. The van der Waals surface area contributed by atoms with Crippen LogP contribution in [-0.4, -0.2) is 19.9 Å². The van der Waals surface area contributed by atoms with E-state index in [0.29, 0.717) is 0 Å². The number of rotatable bonds is 4. The molecule has 0 radical (unpaired) electrons. The van der Waals surface area contributed by atoms with Crippen molar-refractivity contribution in [1.82, 2.24) is 19.9 Å². The van der Waals surface area contributed by atoms with Gasteiger partial charge in [0.15, 0.2) is 0 Å². The van der Waals surface area contributed by atoms with Gasteiger partial charge in [0.05, 0.1) is 44.8 Å². The molecule has 12 rings (SSSR count). The summed E-state index contributed by atoms with van der Waals surface area (Å²) in [6.07, 6.45) is 0. The maximum atomic E-state index is 5.29. The van der Waals surface area contributed by atoms with Crippen LogP contribution in [-0.2, 0) is 0 Å². The number of nitrogens with zero attached hydrogens (tertiary/aromatic N) is 4. The maximum absolute atomic E-state index is 5.29. The van der Waals surface area contributed by atoms with E-state index in [1.54, 1.807) is 0 Å². The zero-order valence-electron chi connectivity index (χ0n) is 30.5. The molecule has 5 heteroatoms. The molecule has 0 aliphatic carbocycles. The predicted molar refractivity (Wildman–Crippen MR) is 240 cm³/mol. The fourth-order valence-corrected chi connectivity index (χ4v) is 9.67. The Bertz CT molecular complexity index is 3590. The molecule has 0 aliphatic heterocycles. The Morgan fingerprint density at radius 2 is 0.947 bits per heavy atom. The molecule has 0 atom stereocenters. The van der Waals surface area contributed by atoms with Crippen molar-refractivity contribution in [1.29, 1.82) is 0 Å². The third-order valence-corrected chi connectivity index (χ3v) is 12.4. The number of pyridine rings is 4. The van der Waals surface area contributed by atoms with E-state index in [1.165, 1.54) is 30.9 Å². The van der Waals surface area contributed by atoms with Gasteiger partial charge >= 0.3 is 0 Å². The van der Waals surface area contributed by atoms with Gasteiger partial charge in [-0.05, 0) is 48.5 Å². The molecule has 0 aliphatic rings. The van der Waals surface area contributed by atoms with Gasteiger partial charge in [-0.1, -0.05) is 133 Å². The van der Waals surface area contributed by atoms with Crippen molar-refractivity contribution in [3.8, 4) is 45.0 Å². The minimum Gasteiger partial charge on any atom is -0.248 e. The molecule has 0 N–H and O–H groups in total. The van der Waals surface area contributed by atoms with Crippen LogP contribution in [0.25, 0.3) is 120 Å². The molecule has 5 aromatic heterocycles. The smallest absolute Gasteiger partial charge is 0.0972 e. The molecule has 0 amide bonds. The van der Waals surface area contributed by atoms with Crippen molar-refractivity contribution < 1.29 is 0 Å². The Hall–Kier alpha value is -7.34. The zero-order valence-corrected chi connectivity index (χ0v) is 31.3. The molecule has 0 spiro atoms. The van der Waals surface area contributed by atoms with E-state index < -0.39 is 0 Å². The molecule has 0 bridgehead atoms. The van der Waals surface area contributed by atoms with Crippen LogP contribution in [0.4, 0.5) is 0 Å². The standard InChI is InChI=1S/C52H30N4S/c1-2-9-31(10-3-1)42-25-19-32-17-18-33-20-26-45(55-51(33)50(32)54-42)36-22-28-44-35(29-36)21-27-43(53-44)34-11-8-12-37(30-34)49-41-24-23-39-38-13-5-7-16-47(38)57-52(39)48(41)40-14-4-6-15-46(40)56-49/h1-30H. The summed E-state index contributed by atoms with van der Waals surface area (Å²) in [4.78, 5) is 20.8. The van der Waals surface area contributed by atoms with Crippen LogP contribution < -0.4 is 0 Å². The molecular formula is C52H30N4S. The molecular weight excluding hydrogens is 713 g/mol. The van der Waals surface area contributed by atoms with Crippen LogP contribution in [0, 0.1) is 0 Å². The Kier molecular flexibility index (Phi) is 7.06. The van der Waals surface area contributed by atoms with Gasteiger partial charge in [-0.15, -0.1) is 11.3 Å². The van der Waals surface area contributed by atoms with Crippen LogP contribution >= 0.6 is 11.3 Å². The number of para-hydroxylation sites is 1. The average molecular weight is 743 g/mol. The van der Waals surface area contributed by atoms with Crippen LogP contribution in [0.1, 0.15) is 0 Å². The van der Waals surface area contributed by atoms with Crippen molar-refractivity contribution in [3.63, 3.8) is 0 Å². The van der Waals surface area contributed by atoms with E-state index in [2.05, 4.69) is 164 Å². The van der Waals surface area contributed by atoms with Crippen molar-refractivity contribution >= 4 is 85.9 Å². The molecule has 0 unspecified atom stereocenters. The quantitative estimate of drug-likeness (QED) is 0.169. The highest BCUT2D eigenvalue weighted by atomic mass is 32.1. The van der Waals surface area contributed by atoms with Crippen LogP contribution in [0.3, 0.4) is 0 Å². The minimum atomic E-state index is 0.901. The van der Waals surface area contributed by atoms with Gasteiger partial charge in [0, 0.05) is 74.7 Å². The number of fused-ring (bicyclic) bond motifs is 11. The van der Waals surface area contributed by atoms with E-state index in [0.717, 1.165) is 88.6 Å². The Labute approximate surface area is 331 Å². The van der Waals surface area contributed by atoms with E-state index in [-0.39, 0.29) is 0 Å². The van der Waals surface area contributed by atoms with Gasteiger partial charge in [-0.2, -0.15) is 0 Å². The molecule has 57 heavy (non-hydrogen) atoms. The van der Waals surface area contributed by atoms with Gasteiger partial charge in [0.1, 0.15) is 0 Å². The maximum Gasteiger partial charge on any atom is 0.0972 e. The van der Waals surface area contributed by atoms with Gasteiger partial charge < -0.3 is 0 Å². The van der Waals surface area contributed by atoms with Crippen LogP contribution in [0.15, 0.2) is 182 Å². The second-order valence-corrected chi connectivity index (χ2v) is 15.6. The first-order valence-electron chi connectivity index (χ1n) is 19.1. The van der Waals surface area contributed by atoms with E-state index in [9.17, 15) is 0 Å². The third kappa shape index (κ3) is 5.21. The fraction of sp³-hybridized carbons (Fsp3) is 0. The summed E-state index contributed by atoms with van der Waals surface area (Å²) in [7, 11) is 0. The summed E-state index contributed by atoms with van der Waals surface area (Å²) in [5.74, 6) is 0. The molecule has 4 nitrogen and oxygen atoms in total. The zero-order chi connectivity index (χ0) is 37.5. The Balaban J connectivity index is 0.932. The Morgan fingerprint density at radius 3 is 1.77 bits per heavy atom. The molecule has 0 fully saturated rings. The fourth-order valence-electron chi connectivity index (χ4n) is 8.41. The summed E-state index contributed by atoms with van der Waals surface area (Å²) in [6, 6.07) is 64.1. The van der Waals surface area contributed by atoms with Crippen molar-refractivity contribution in [2.24, 2.45) is 0 Å². The Morgan fingerprint density at radius 1 is 0.333 bits per heavy atom. The van der Waals surface area contributed by atoms with Crippen molar-refractivity contribution in [2.75, 3.05) is 0 Å². The normalized spacial score (nSPS) is 11.9. The topological polar surface area (TPSA) is 51.6 Å². The second kappa shape index (κ2) is 12.6. The lowest BCUT2D eigenvalue weighted by Crippen LogP contribution is -1.92. The number of hydrogen-bond donors (Lipinski definition) is 0. The van der Waals surface area contributed by atoms with Gasteiger partial charge in [-0.3, -0.25) is 0 Å². The number of aromatic nitrogens is 4. The lowest BCUT2D eigenvalue weighted by Gasteiger charge is -2.12. The van der Waals surface area contributed by atoms with E-state index in [4.69, 9.17) is 19.9 Å². The minimum absolute atomic E-state index is 0.901. The first-order valence-corrected chi connectivity index (χ1v) is 19.9. The predicted octanol–water partition coefficient (Wildman–Crippen LogP) is 14.1. The monoisotopic (exact) mass is 742 g/mol. The molecule has 12 aromatic rings. The SMILES string of the molecule is c1ccc(-c2ccc3ccc4ccc(-c5ccc6nc(-c7cccc(-c8nc9ccccc9c9c8ccc8c%10ccccc%10sc89)c7)ccc6c5)nc4c3n2)cc1. The van der Waals surface area contributed by atoms with Crippen molar-refractivity contribution in [3.05, 3.63) is 182 Å². The summed E-state index contributed by atoms with van der Waals surface area (Å²) in [6.45, 7) is 0. The first-order chi connectivity index (χ1) is 28.2. The van der Waals surface area contributed by atoms with Crippen LogP contribution in [0.5, 0.6) is 0 Å². The van der Waals surface area contributed by atoms with Gasteiger partial charge in [0.25, 0.3) is 0 Å². The van der Waals surface area contributed by atoms with E-state index >= 15 is 0 Å². The highest BCUT2D eigenvalue weighted by molar-refractivity contribution is 7.26. The summed E-state index contributed by atoms with van der Waals surface area (Å²) in [5, 5.41) is 9.40.